The Kier molecular flexibility index (Phi) is 5.11. The van der Waals surface area contributed by atoms with Crippen LogP contribution >= 0.6 is 0 Å². The van der Waals surface area contributed by atoms with Crippen LogP contribution in [0.25, 0.3) is 0 Å². The maximum absolute atomic E-state index is 12.4. The maximum Gasteiger partial charge on any atom is 0.414 e. The molecule has 5 nitrogen and oxygen atoms in total. The van der Waals surface area contributed by atoms with E-state index in [9.17, 15) is 18.0 Å². The molecule has 0 aromatic carbocycles. The summed E-state index contributed by atoms with van der Waals surface area (Å²) < 4.78 is 41.4. The number of pyridine rings is 1. The molecule has 1 unspecified atom stereocenters. The SMILES string of the molecule is COC(CCNc1cccc(C(=O)O)n1)C(F)(F)F. The zero-order valence-corrected chi connectivity index (χ0v) is 10.1. The summed E-state index contributed by atoms with van der Waals surface area (Å²) in [6.45, 7) is -0.0336. The van der Waals surface area contributed by atoms with Crippen LogP contribution in [-0.4, -0.2) is 42.0 Å². The number of alkyl halides is 3. The number of carboxylic acid groups (broad SMARTS) is 1. The van der Waals surface area contributed by atoms with Gasteiger partial charge in [0.25, 0.3) is 0 Å². The molecule has 0 amide bonds. The number of aromatic carboxylic acids is 1. The molecule has 0 radical (unpaired) electrons. The number of anilines is 1. The summed E-state index contributed by atoms with van der Waals surface area (Å²) >= 11 is 0. The third-order valence-corrected chi connectivity index (χ3v) is 2.33. The smallest absolute Gasteiger partial charge is 0.414 e. The van der Waals surface area contributed by atoms with Crippen LogP contribution in [-0.2, 0) is 4.74 Å². The highest BCUT2D eigenvalue weighted by Gasteiger charge is 2.39. The van der Waals surface area contributed by atoms with Gasteiger partial charge in [0.1, 0.15) is 5.82 Å². The molecular weight excluding hydrogens is 265 g/mol. The van der Waals surface area contributed by atoms with Crippen LogP contribution in [0.15, 0.2) is 18.2 Å². The highest BCUT2D eigenvalue weighted by atomic mass is 19.4. The lowest BCUT2D eigenvalue weighted by Crippen LogP contribution is -2.32. The Morgan fingerprint density at radius 3 is 2.74 bits per heavy atom. The van der Waals surface area contributed by atoms with E-state index >= 15 is 0 Å². The van der Waals surface area contributed by atoms with Crippen molar-refractivity contribution in [2.24, 2.45) is 0 Å². The Morgan fingerprint density at radius 1 is 1.53 bits per heavy atom. The molecule has 0 saturated heterocycles. The van der Waals surface area contributed by atoms with Crippen molar-refractivity contribution >= 4 is 11.8 Å². The molecule has 8 heteroatoms. The fourth-order valence-electron chi connectivity index (χ4n) is 1.40. The lowest BCUT2D eigenvalue weighted by molar-refractivity contribution is -0.213. The second kappa shape index (κ2) is 6.37. The van der Waals surface area contributed by atoms with Crippen LogP contribution in [0.2, 0.25) is 0 Å². The van der Waals surface area contributed by atoms with Crippen molar-refractivity contribution in [3.63, 3.8) is 0 Å². The van der Waals surface area contributed by atoms with Crippen molar-refractivity contribution in [1.29, 1.82) is 0 Å². The van der Waals surface area contributed by atoms with E-state index in [1.807, 2.05) is 0 Å². The first-order valence-corrected chi connectivity index (χ1v) is 5.38. The van der Waals surface area contributed by atoms with E-state index in [-0.39, 0.29) is 24.5 Å². The topological polar surface area (TPSA) is 71.5 Å². The fraction of sp³-hybridized carbons (Fsp3) is 0.455. The molecule has 1 aromatic rings. The summed E-state index contributed by atoms with van der Waals surface area (Å²) in [5, 5.41) is 11.3. The highest BCUT2D eigenvalue weighted by Crippen LogP contribution is 2.24. The number of hydrogen-bond acceptors (Lipinski definition) is 4. The van der Waals surface area contributed by atoms with E-state index in [2.05, 4.69) is 15.0 Å². The first-order valence-electron chi connectivity index (χ1n) is 5.38. The van der Waals surface area contributed by atoms with E-state index in [1.165, 1.54) is 18.2 Å². The minimum absolute atomic E-state index is 0.0336. The molecule has 0 spiro atoms. The van der Waals surface area contributed by atoms with Crippen LogP contribution < -0.4 is 5.32 Å². The predicted octanol–water partition coefficient (Wildman–Crippen LogP) is 2.16. The van der Waals surface area contributed by atoms with Gasteiger partial charge in [-0.15, -0.1) is 0 Å². The molecule has 0 aliphatic carbocycles. The van der Waals surface area contributed by atoms with Gasteiger partial charge >= 0.3 is 12.1 Å². The minimum atomic E-state index is -4.42. The lowest BCUT2D eigenvalue weighted by atomic mass is 10.2. The van der Waals surface area contributed by atoms with Gasteiger partial charge in [-0.3, -0.25) is 0 Å². The average molecular weight is 278 g/mol. The number of carboxylic acids is 1. The van der Waals surface area contributed by atoms with Crippen LogP contribution in [0.5, 0.6) is 0 Å². The summed E-state index contributed by atoms with van der Waals surface area (Å²) in [4.78, 5) is 14.4. The summed E-state index contributed by atoms with van der Waals surface area (Å²) in [5.41, 5.74) is -0.177. The number of ether oxygens (including phenoxy) is 1. The number of aromatic nitrogens is 1. The Labute approximate surface area is 107 Å². The van der Waals surface area contributed by atoms with Gasteiger partial charge < -0.3 is 15.2 Å². The van der Waals surface area contributed by atoms with Gasteiger partial charge in [-0.1, -0.05) is 6.07 Å². The molecular formula is C11H13F3N2O3. The molecule has 2 N–H and O–H groups in total. The third-order valence-electron chi connectivity index (χ3n) is 2.33. The average Bonchev–Trinajstić information content (AvgIpc) is 2.33. The van der Waals surface area contributed by atoms with E-state index in [4.69, 9.17) is 5.11 Å². The largest absolute Gasteiger partial charge is 0.477 e. The zero-order chi connectivity index (χ0) is 14.5. The molecule has 106 valence electrons. The van der Waals surface area contributed by atoms with Gasteiger partial charge in [-0.05, 0) is 18.6 Å². The lowest BCUT2D eigenvalue weighted by Gasteiger charge is -2.18. The number of methoxy groups -OCH3 is 1. The predicted molar refractivity (Wildman–Crippen MR) is 61.2 cm³/mol. The summed E-state index contributed by atoms with van der Waals surface area (Å²) in [6.07, 6.45) is -6.58. The molecule has 0 aliphatic heterocycles. The first-order chi connectivity index (χ1) is 8.84. The van der Waals surface area contributed by atoms with Gasteiger partial charge in [0.15, 0.2) is 11.8 Å². The van der Waals surface area contributed by atoms with Gasteiger partial charge in [-0.2, -0.15) is 13.2 Å². The number of nitrogens with one attached hydrogen (secondary N) is 1. The number of rotatable bonds is 6. The van der Waals surface area contributed by atoms with Gasteiger partial charge in [0, 0.05) is 13.7 Å². The van der Waals surface area contributed by atoms with Crippen LogP contribution in [0, 0.1) is 0 Å². The summed E-state index contributed by atoms with van der Waals surface area (Å²) in [5.74, 6) is -0.995. The Balaban J connectivity index is 2.53. The molecule has 1 heterocycles. The van der Waals surface area contributed by atoms with Crippen molar-refractivity contribution < 1.29 is 27.8 Å². The van der Waals surface area contributed by atoms with Crippen molar-refractivity contribution in [3.05, 3.63) is 23.9 Å². The van der Waals surface area contributed by atoms with Crippen LogP contribution in [0.3, 0.4) is 0 Å². The van der Waals surface area contributed by atoms with Gasteiger partial charge in [0.05, 0.1) is 0 Å². The monoisotopic (exact) mass is 278 g/mol. The molecule has 0 bridgehead atoms. The fourth-order valence-corrected chi connectivity index (χ4v) is 1.40. The molecule has 1 aromatic heterocycles. The van der Waals surface area contributed by atoms with Crippen molar-refractivity contribution in [2.75, 3.05) is 19.0 Å². The van der Waals surface area contributed by atoms with Crippen LogP contribution in [0.1, 0.15) is 16.9 Å². The van der Waals surface area contributed by atoms with Crippen molar-refractivity contribution in [2.45, 2.75) is 18.7 Å². The van der Waals surface area contributed by atoms with Gasteiger partial charge in [0.2, 0.25) is 0 Å². The molecule has 0 fully saturated rings. The number of halogens is 3. The van der Waals surface area contributed by atoms with Crippen molar-refractivity contribution in [1.82, 2.24) is 4.98 Å². The number of hydrogen-bond donors (Lipinski definition) is 2. The van der Waals surface area contributed by atoms with Gasteiger partial charge in [-0.25, -0.2) is 9.78 Å². The standard InChI is InChI=1S/C11H13F3N2O3/c1-19-8(11(12,13)14)5-6-15-9-4-2-3-7(16-9)10(17)18/h2-4,8H,5-6H2,1H3,(H,15,16)(H,17,18). The molecule has 0 saturated carbocycles. The Hall–Kier alpha value is -1.83. The molecule has 1 atom stereocenters. The summed E-state index contributed by atoms with van der Waals surface area (Å²) in [6, 6.07) is 4.22. The number of carbonyl (C=O) groups is 1. The third kappa shape index (κ3) is 4.74. The quantitative estimate of drug-likeness (QED) is 0.834. The first kappa shape index (κ1) is 15.2. The molecule has 1 rings (SSSR count). The normalized spacial score (nSPS) is 13.1. The van der Waals surface area contributed by atoms with Crippen molar-refractivity contribution in [3.8, 4) is 0 Å². The zero-order valence-electron chi connectivity index (χ0n) is 10.1. The second-order valence-corrected chi connectivity index (χ2v) is 3.69. The molecule has 0 aliphatic rings. The second-order valence-electron chi connectivity index (χ2n) is 3.69. The highest BCUT2D eigenvalue weighted by molar-refractivity contribution is 5.85. The Bertz CT molecular complexity index is 437. The van der Waals surface area contributed by atoms with E-state index in [1.54, 1.807) is 0 Å². The Morgan fingerprint density at radius 2 is 2.21 bits per heavy atom. The maximum atomic E-state index is 12.4. The number of nitrogens with zero attached hydrogens (tertiary/aromatic N) is 1. The van der Waals surface area contributed by atoms with E-state index < -0.39 is 18.2 Å². The van der Waals surface area contributed by atoms with E-state index in [0.717, 1.165) is 7.11 Å². The minimum Gasteiger partial charge on any atom is -0.477 e. The summed E-state index contributed by atoms with van der Waals surface area (Å²) in [7, 11) is 0.988. The van der Waals surface area contributed by atoms with Crippen LogP contribution in [0.4, 0.5) is 19.0 Å². The molecule has 19 heavy (non-hydrogen) atoms. The van der Waals surface area contributed by atoms with E-state index in [0.29, 0.717) is 0 Å².